The molecule has 0 saturated carbocycles. The van der Waals surface area contributed by atoms with E-state index >= 15 is 0 Å². The maximum absolute atomic E-state index is 13.2. The van der Waals surface area contributed by atoms with Crippen molar-refractivity contribution < 1.29 is 14.0 Å². The Labute approximate surface area is 178 Å². The Morgan fingerprint density at radius 2 is 1.55 bits per heavy atom. The number of hydrogen-bond acceptors (Lipinski definition) is 3. The van der Waals surface area contributed by atoms with E-state index in [0.29, 0.717) is 29.6 Å². The molecule has 0 spiro atoms. The third-order valence-corrected chi connectivity index (χ3v) is 12.7. The van der Waals surface area contributed by atoms with Crippen molar-refractivity contribution in [1.29, 1.82) is 0 Å². The molecule has 2 rings (SSSR count). The summed E-state index contributed by atoms with van der Waals surface area (Å²) in [6.45, 7) is 17.9. The molecule has 2 atom stereocenters. The van der Waals surface area contributed by atoms with Gasteiger partial charge in [-0.2, -0.15) is 0 Å². The number of carbonyl (C=O) groups excluding carboxylic acids is 2. The van der Waals surface area contributed by atoms with E-state index in [4.69, 9.17) is 4.43 Å². The van der Waals surface area contributed by atoms with Crippen molar-refractivity contribution in [1.82, 2.24) is 4.90 Å². The van der Waals surface area contributed by atoms with Gasteiger partial charge in [0.2, 0.25) is 8.32 Å². The van der Waals surface area contributed by atoms with E-state index in [2.05, 4.69) is 53.7 Å². The van der Waals surface area contributed by atoms with Crippen LogP contribution in [0.4, 0.5) is 0 Å². The molecule has 0 radical (unpaired) electrons. The first-order valence-electron chi connectivity index (χ1n) is 11.0. The van der Waals surface area contributed by atoms with Crippen LogP contribution < -0.4 is 0 Å². The van der Waals surface area contributed by atoms with E-state index in [1.54, 1.807) is 0 Å². The van der Waals surface area contributed by atoms with Gasteiger partial charge in [0.15, 0.2) is 0 Å². The minimum atomic E-state index is -2.18. The van der Waals surface area contributed by atoms with Gasteiger partial charge in [-0.3, -0.25) is 4.79 Å². The lowest BCUT2D eigenvalue weighted by Gasteiger charge is -2.53. The van der Waals surface area contributed by atoms with Crippen LogP contribution in [0.25, 0.3) is 0 Å². The van der Waals surface area contributed by atoms with Gasteiger partial charge in [-0.05, 0) is 28.6 Å². The van der Waals surface area contributed by atoms with Crippen LogP contribution in [-0.2, 0) is 14.0 Å². The zero-order valence-corrected chi connectivity index (χ0v) is 20.4. The van der Waals surface area contributed by atoms with E-state index in [-0.39, 0.29) is 11.9 Å². The molecule has 1 aliphatic rings. The molecule has 1 aromatic carbocycles. The number of nitrogens with zero attached hydrogens (tertiary/aromatic N) is 1. The lowest BCUT2D eigenvalue weighted by atomic mass is 9.87. The van der Waals surface area contributed by atoms with Crippen molar-refractivity contribution >= 4 is 20.5 Å². The second kappa shape index (κ2) is 9.13. The van der Waals surface area contributed by atoms with E-state index in [9.17, 15) is 9.59 Å². The molecule has 1 amide bonds. The van der Waals surface area contributed by atoms with Crippen LogP contribution in [0, 0.1) is 5.41 Å². The number of carbonyl (C=O) groups is 2. The van der Waals surface area contributed by atoms with Gasteiger partial charge in [0.1, 0.15) is 12.4 Å². The van der Waals surface area contributed by atoms with Crippen LogP contribution in [0.1, 0.15) is 73.4 Å². The molecule has 0 bridgehead atoms. The Hall–Kier alpha value is -1.46. The Bertz CT molecular complexity index is 678. The van der Waals surface area contributed by atoms with Crippen molar-refractivity contribution in [3.05, 3.63) is 35.9 Å². The predicted octanol–water partition coefficient (Wildman–Crippen LogP) is 5.75. The minimum absolute atomic E-state index is 0.0689. The van der Waals surface area contributed by atoms with Gasteiger partial charge in [0.25, 0.3) is 5.91 Å². The maximum Gasteiger partial charge on any atom is 0.253 e. The predicted molar refractivity (Wildman–Crippen MR) is 121 cm³/mol. The first kappa shape index (κ1) is 23.8. The minimum Gasteiger partial charge on any atom is -0.402 e. The van der Waals surface area contributed by atoms with Gasteiger partial charge in [0, 0.05) is 12.0 Å². The van der Waals surface area contributed by atoms with E-state index < -0.39 is 19.8 Å². The normalized spacial score (nSPS) is 20.5. The highest BCUT2D eigenvalue weighted by Gasteiger charge is 2.55. The highest BCUT2D eigenvalue weighted by Crippen LogP contribution is 2.47. The van der Waals surface area contributed by atoms with Crippen LogP contribution in [0.3, 0.4) is 0 Å². The summed E-state index contributed by atoms with van der Waals surface area (Å²) >= 11 is 0. The number of amides is 1. The van der Waals surface area contributed by atoms with Crippen molar-refractivity contribution in [3.63, 3.8) is 0 Å². The molecular weight excluding hydrogens is 378 g/mol. The molecule has 5 heteroatoms. The molecule has 1 saturated heterocycles. The Kier molecular flexibility index (Phi) is 7.50. The highest BCUT2D eigenvalue weighted by molar-refractivity contribution is 6.77. The van der Waals surface area contributed by atoms with Crippen molar-refractivity contribution in [3.8, 4) is 0 Å². The Morgan fingerprint density at radius 1 is 1.03 bits per heavy atom. The summed E-state index contributed by atoms with van der Waals surface area (Å²) in [5, 5.41) is 0. The number of aldehydes is 1. The first-order chi connectivity index (χ1) is 13.5. The number of likely N-dealkylation sites (tertiary alicyclic amines) is 1. The fourth-order valence-electron chi connectivity index (χ4n) is 4.98. The monoisotopic (exact) mass is 417 g/mol. The molecular formula is C24H39NO3Si. The van der Waals surface area contributed by atoms with Gasteiger partial charge in [-0.1, -0.05) is 85.7 Å². The lowest BCUT2D eigenvalue weighted by molar-refractivity contribution is -0.166. The van der Waals surface area contributed by atoms with Gasteiger partial charge in [-0.25, -0.2) is 0 Å². The van der Waals surface area contributed by atoms with Crippen LogP contribution in [0.5, 0.6) is 0 Å². The molecule has 0 N–H and O–H groups in total. The van der Waals surface area contributed by atoms with Gasteiger partial charge in [0.05, 0.1) is 6.04 Å². The zero-order chi connectivity index (χ0) is 22.0. The third kappa shape index (κ3) is 4.66. The van der Waals surface area contributed by atoms with E-state index in [0.717, 1.165) is 11.8 Å². The standard InChI is InChI=1S/C24H39NO3Si/c1-17(2)29(18(3)4,19(5)6)28-22-21(20-12-10-9-11-13-20)25(23(22)27)15-14-24(7,8)16-26/h9-13,16-19,21-22H,14-15H2,1-8H3. The SMILES string of the molecule is CC(C)[Si](OC1C(=O)N(CCC(C)(C)C=O)C1c1ccccc1)(C(C)C)C(C)C. The molecule has 0 aromatic heterocycles. The molecule has 1 aliphatic heterocycles. The highest BCUT2D eigenvalue weighted by atomic mass is 28.4. The number of benzene rings is 1. The van der Waals surface area contributed by atoms with Crippen molar-refractivity contribution in [2.75, 3.05) is 6.54 Å². The van der Waals surface area contributed by atoms with Gasteiger partial charge >= 0.3 is 0 Å². The van der Waals surface area contributed by atoms with Crippen LogP contribution >= 0.6 is 0 Å². The number of hydrogen-bond donors (Lipinski definition) is 0. The second-order valence-corrected chi connectivity index (χ2v) is 15.5. The molecule has 4 nitrogen and oxygen atoms in total. The summed E-state index contributed by atoms with van der Waals surface area (Å²) in [5.74, 6) is 0.0689. The Morgan fingerprint density at radius 3 is 2.00 bits per heavy atom. The van der Waals surface area contributed by atoms with E-state index in [1.807, 2.05) is 36.9 Å². The summed E-state index contributed by atoms with van der Waals surface area (Å²) < 4.78 is 6.90. The topological polar surface area (TPSA) is 46.6 Å². The van der Waals surface area contributed by atoms with E-state index in [1.165, 1.54) is 0 Å². The van der Waals surface area contributed by atoms with Crippen LogP contribution in [-0.4, -0.2) is 38.1 Å². The summed E-state index contributed by atoms with van der Waals surface area (Å²) in [6, 6.07) is 10.1. The molecule has 0 aliphatic carbocycles. The Balaban J connectivity index is 2.35. The largest absolute Gasteiger partial charge is 0.402 e. The van der Waals surface area contributed by atoms with Crippen molar-refractivity contribution in [2.24, 2.45) is 5.41 Å². The summed E-state index contributed by atoms with van der Waals surface area (Å²) in [5.41, 5.74) is 1.96. The third-order valence-electron chi connectivity index (χ3n) is 6.64. The average Bonchev–Trinajstić information content (AvgIpc) is 2.65. The average molecular weight is 418 g/mol. The second-order valence-electron chi connectivity index (χ2n) is 10.1. The summed E-state index contributed by atoms with van der Waals surface area (Å²) in [6.07, 6.45) is 1.21. The molecule has 162 valence electrons. The van der Waals surface area contributed by atoms with Crippen LogP contribution in [0.15, 0.2) is 30.3 Å². The number of rotatable bonds is 10. The first-order valence-corrected chi connectivity index (χ1v) is 13.1. The molecule has 29 heavy (non-hydrogen) atoms. The molecule has 1 aromatic rings. The van der Waals surface area contributed by atoms with Gasteiger partial charge < -0.3 is 14.1 Å². The molecule has 1 heterocycles. The lowest BCUT2D eigenvalue weighted by Crippen LogP contribution is -2.65. The van der Waals surface area contributed by atoms with Gasteiger partial charge in [-0.15, -0.1) is 0 Å². The smallest absolute Gasteiger partial charge is 0.253 e. The van der Waals surface area contributed by atoms with Crippen molar-refractivity contribution in [2.45, 2.75) is 90.6 Å². The molecule has 1 fully saturated rings. The summed E-state index contributed by atoms with van der Waals surface area (Å²) in [7, 11) is -2.18. The summed E-state index contributed by atoms with van der Waals surface area (Å²) in [4.78, 5) is 26.5. The fourth-order valence-corrected chi connectivity index (χ4v) is 10.5. The maximum atomic E-state index is 13.2. The van der Waals surface area contributed by atoms with Crippen LogP contribution in [0.2, 0.25) is 16.6 Å². The fraction of sp³-hybridized carbons (Fsp3) is 0.667. The quantitative estimate of drug-likeness (QED) is 0.277. The number of β-lactam (4-membered cyclic amide) rings is 1. The zero-order valence-electron chi connectivity index (χ0n) is 19.4. The molecule has 2 unspecified atom stereocenters.